The van der Waals surface area contributed by atoms with Crippen LogP contribution >= 0.6 is 0 Å². The Balaban J connectivity index is 0.000000221. The molecule has 0 amide bonds. The number of alkyl halides is 2. The minimum Gasteiger partial charge on any atom is -0.496 e. The molecule has 0 unspecified atom stereocenters. The molecule has 184 valence electrons. The Kier molecular flexibility index (Phi) is 9.59. The Labute approximate surface area is 211 Å². The lowest BCUT2D eigenvalue weighted by molar-refractivity contribution is -0.0494. The Morgan fingerprint density at radius 3 is 1.83 bits per heavy atom. The van der Waals surface area contributed by atoms with E-state index in [1.54, 1.807) is 19.2 Å². The first-order valence-corrected chi connectivity index (χ1v) is 11.8. The zero-order valence-electron chi connectivity index (χ0n) is 20.7. The molecule has 0 atom stereocenters. The van der Waals surface area contributed by atoms with Gasteiger partial charge in [0.05, 0.1) is 18.7 Å². The van der Waals surface area contributed by atoms with Gasteiger partial charge in [0.25, 0.3) is 0 Å². The summed E-state index contributed by atoms with van der Waals surface area (Å²) in [5, 5.41) is 8.93. The molecule has 0 saturated heterocycles. The molecule has 0 radical (unpaired) electrons. The number of ether oxygens (including phenoxy) is 2. The first-order chi connectivity index (χ1) is 17.5. The molecule has 3 nitrogen and oxygen atoms in total. The van der Waals surface area contributed by atoms with E-state index in [-0.39, 0.29) is 5.75 Å². The Hall–Kier alpha value is -4.17. The van der Waals surface area contributed by atoms with Gasteiger partial charge in [0.1, 0.15) is 11.5 Å². The van der Waals surface area contributed by atoms with Crippen molar-refractivity contribution in [3.8, 4) is 39.8 Å². The van der Waals surface area contributed by atoms with Crippen molar-refractivity contribution in [1.29, 1.82) is 5.26 Å². The lowest BCUT2D eigenvalue weighted by Gasteiger charge is -2.16. The summed E-state index contributed by atoms with van der Waals surface area (Å²) in [6.07, 6.45) is 1.67. The fraction of sp³-hybridized carbons (Fsp3) is 0.194. The van der Waals surface area contributed by atoms with E-state index in [1.807, 2.05) is 92.7 Å². The topological polar surface area (TPSA) is 42.2 Å². The Morgan fingerprint density at radius 2 is 1.28 bits per heavy atom. The summed E-state index contributed by atoms with van der Waals surface area (Å²) in [6.45, 7) is 1.21. The lowest BCUT2D eigenvalue weighted by Crippen LogP contribution is -2.04. The Morgan fingerprint density at radius 1 is 0.722 bits per heavy atom. The Bertz CT molecular complexity index is 1310. The van der Waals surface area contributed by atoms with Gasteiger partial charge in [0.2, 0.25) is 0 Å². The molecule has 4 rings (SSSR count). The molecule has 0 heterocycles. The van der Waals surface area contributed by atoms with Crippen LogP contribution in [-0.2, 0) is 12.8 Å². The lowest BCUT2D eigenvalue weighted by atomic mass is 9.97. The second-order valence-electron chi connectivity index (χ2n) is 7.97. The van der Waals surface area contributed by atoms with Crippen LogP contribution in [0.25, 0.3) is 22.3 Å². The predicted octanol–water partition coefficient (Wildman–Crippen LogP) is 8.31. The average Bonchev–Trinajstić information content (AvgIpc) is 2.93. The molecule has 0 aromatic heterocycles. The van der Waals surface area contributed by atoms with E-state index in [0.29, 0.717) is 11.3 Å². The highest BCUT2D eigenvalue weighted by atomic mass is 19.3. The van der Waals surface area contributed by atoms with Crippen LogP contribution in [0.5, 0.6) is 11.5 Å². The number of methoxy groups -OCH3 is 1. The van der Waals surface area contributed by atoms with Crippen LogP contribution in [-0.4, -0.2) is 13.7 Å². The molecule has 0 saturated carbocycles. The summed E-state index contributed by atoms with van der Waals surface area (Å²) in [5.74, 6) is 0.809. The fourth-order valence-electron chi connectivity index (χ4n) is 3.84. The first kappa shape index (κ1) is 26.4. The van der Waals surface area contributed by atoms with E-state index in [1.165, 1.54) is 0 Å². The molecule has 0 spiro atoms. The van der Waals surface area contributed by atoms with Crippen molar-refractivity contribution >= 4 is 0 Å². The second-order valence-corrected chi connectivity index (χ2v) is 7.97. The van der Waals surface area contributed by atoms with Crippen molar-refractivity contribution in [3.05, 3.63) is 108 Å². The third-order valence-electron chi connectivity index (χ3n) is 5.76. The normalized spacial score (nSPS) is 10.2. The summed E-state index contributed by atoms with van der Waals surface area (Å²) < 4.78 is 35.4. The molecular weight excluding hydrogens is 456 g/mol. The smallest absolute Gasteiger partial charge is 0.387 e. The van der Waals surface area contributed by atoms with Gasteiger partial charge in [0, 0.05) is 11.1 Å². The summed E-state index contributed by atoms with van der Waals surface area (Å²) in [7, 11) is 1.57. The molecule has 4 aromatic rings. The van der Waals surface area contributed by atoms with Gasteiger partial charge < -0.3 is 9.47 Å². The molecule has 5 heteroatoms. The van der Waals surface area contributed by atoms with E-state index in [4.69, 9.17) is 10.00 Å². The maximum atomic E-state index is 12.7. The number of rotatable bonds is 7. The van der Waals surface area contributed by atoms with Crippen molar-refractivity contribution in [2.75, 3.05) is 7.11 Å². The van der Waals surface area contributed by atoms with Crippen molar-refractivity contribution in [2.45, 2.75) is 33.3 Å². The van der Waals surface area contributed by atoms with Crippen LogP contribution in [0.1, 0.15) is 30.5 Å². The van der Waals surface area contributed by atoms with Gasteiger partial charge in [-0.1, -0.05) is 74.5 Å². The van der Waals surface area contributed by atoms with Crippen molar-refractivity contribution < 1.29 is 18.3 Å². The number of nitrogens with zero attached hydrogens (tertiary/aromatic N) is 1. The van der Waals surface area contributed by atoms with E-state index < -0.39 is 6.61 Å². The summed E-state index contributed by atoms with van der Waals surface area (Å²) in [6, 6.07) is 30.8. The van der Waals surface area contributed by atoms with Crippen LogP contribution in [0, 0.1) is 11.3 Å². The summed E-state index contributed by atoms with van der Waals surface area (Å²) >= 11 is 0. The van der Waals surface area contributed by atoms with E-state index in [0.717, 1.165) is 46.2 Å². The zero-order chi connectivity index (χ0) is 25.9. The SMILES string of the molecule is CCc1ccc(OC)c(-c2cc(CC)ccc2OC(F)F)c1.N#Cc1ccccc1-c1ccccc1. The van der Waals surface area contributed by atoms with Gasteiger partial charge in [0.15, 0.2) is 0 Å². The van der Waals surface area contributed by atoms with Crippen LogP contribution < -0.4 is 9.47 Å². The monoisotopic (exact) mass is 485 g/mol. The number of aryl methyl sites for hydroxylation is 2. The second kappa shape index (κ2) is 13.1. The number of hydrogen-bond acceptors (Lipinski definition) is 3. The molecule has 0 aliphatic carbocycles. The van der Waals surface area contributed by atoms with Gasteiger partial charge in [-0.2, -0.15) is 14.0 Å². The molecule has 0 aliphatic rings. The van der Waals surface area contributed by atoms with Gasteiger partial charge in [-0.15, -0.1) is 0 Å². The minimum absolute atomic E-state index is 0.166. The standard InChI is InChI=1S/C18H20F2O2.C13H9N/c1-4-12-6-8-16(21-3)14(10-12)15-11-13(5-2)7-9-17(15)22-18(19)20;14-10-12-8-4-5-9-13(12)11-6-2-1-3-7-11/h6-11,18H,4-5H2,1-3H3;1-9H. The predicted molar refractivity (Wildman–Crippen MR) is 140 cm³/mol. The zero-order valence-corrected chi connectivity index (χ0v) is 20.7. The van der Waals surface area contributed by atoms with Crippen molar-refractivity contribution in [1.82, 2.24) is 0 Å². The van der Waals surface area contributed by atoms with Gasteiger partial charge in [-0.3, -0.25) is 0 Å². The van der Waals surface area contributed by atoms with Crippen LogP contribution in [0.2, 0.25) is 0 Å². The van der Waals surface area contributed by atoms with Crippen LogP contribution in [0.3, 0.4) is 0 Å². The summed E-state index contributed by atoms with van der Waals surface area (Å²) in [5.41, 5.74) is 6.37. The summed E-state index contributed by atoms with van der Waals surface area (Å²) in [4.78, 5) is 0. The van der Waals surface area contributed by atoms with E-state index in [2.05, 4.69) is 10.8 Å². The highest BCUT2D eigenvalue weighted by Crippen LogP contribution is 2.38. The molecule has 0 fully saturated rings. The minimum atomic E-state index is -2.86. The number of hydrogen-bond donors (Lipinski definition) is 0. The van der Waals surface area contributed by atoms with Crippen molar-refractivity contribution in [2.24, 2.45) is 0 Å². The molecule has 0 bridgehead atoms. The van der Waals surface area contributed by atoms with Gasteiger partial charge in [-0.25, -0.2) is 0 Å². The van der Waals surface area contributed by atoms with E-state index in [9.17, 15) is 8.78 Å². The molecular formula is C31H29F2NO2. The molecule has 36 heavy (non-hydrogen) atoms. The van der Waals surface area contributed by atoms with E-state index >= 15 is 0 Å². The van der Waals surface area contributed by atoms with Crippen molar-refractivity contribution in [3.63, 3.8) is 0 Å². The number of nitriles is 1. The molecule has 0 N–H and O–H groups in total. The molecule has 4 aromatic carbocycles. The number of halogens is 2. The van der Waals surface area contributed by atoms with Crippen LogP contribution in [0.4, 0.5) is 8.78 Å². The molecule has 0 aliphatic heterocycles. The third-order valence-corrected chi connectivity index (χ3v) is 5.76. The highest BCUT2D eigenvalue weighted by Gasteiger charge is 2.16. The number of benzene rings is 4. The fourth-order valence-corrected chi connectivity index (χ4v) is 3.84. The maximum absolute atomic E-state index is 12.7. The van der Waals surface area contributed by atoms with Gasteiger partial charge in [-0.05, 0) is 65.4 Å². The largest absolute Gasteiger partial charge is 0.496 e. The highest BCUT2D eigenvalue weighted by molar-refractivity contribution is 5.77. The quantitative estimate of drug-likeness (QED) is 0.264. The van der Waals surface area contributed by atoms with Gasteiger partial charge >= 0.3 is 6.61 Å². The third kappa shape index (κ3) is 6.70. The van der Waals surface area contributed by atoms with Crippen LogP contribution in [0.15, 0.2) is 91.0 Å². The maximum Gasteiger partial charge on any atom is 0.387 e. The first-order valence-electron chi connectivity index (χ1n) is 11.8. The average molecular weight is 486 g/mol.